The van der Waals surface area contributed by atoms with Crippen molar-refractivity contribution in [2.24, 2.45) is 5.41 Å². The van der Waals surface area contributed by atoms with Gasteiger partial charge in [0.1, 0.15) is 5.75 Å². The van der Waals surface area contributed by atoms with Crippen LogP contribution >= 0.6 is 0 Å². The summed E-state index contributed by atoms with van der Waals surface area (Å²) >= 11 is 0. The number of aryl methyl sites for hydroxylation is 1. The van der Waals surface area contributed by atoms with Crippen molar-refractivity contribution >= 4 is 11.9 Å². The molecule has 1 amide bonds. The number of aromatic hydroxyl groups is 1. The highest BCUT2D eigenvalue weighted by molar-refractivity contribution is 5.96. The van der Waals surface area contributed by atoms with Crippen LogP contribution in [0.2, 0.25) is 0 Å². The fraction of sp³-hybridized carbons (Fsp3) is 0.500. The highest BCUT2D eigenvalue weighted by atomic mass is 16.4. The minimum absolute atomic E-state index is 0.0859. The third kappa shape index (κ3) is 5.85. The van der Waals surface area contributed by atoms with Crippen LogP contribution in [-0.2, 0) is 4.79 Å². The summed E-state index contributed by atoms with van der Waals surface area (Å²) in [7, 11) is 0. The number of phenolic OH excluding ortho intramolecular Hbond substituents is 1. The molecule has 1 aromatic rings. The first-order valence-corrected chi connectivity index (χ1v) is 6.91. The second kappa shape index (κ2) is 6.61. The number of carboxylic acid groups (broad SMARTS) is 1. The number of aliphatic carboxylic acids is 1. The van der Waals surface area contributed by atoms with Gasteiger partial charge < -0.3 is 15.5 Å². The van der Waals surface area contributed by atoms with E-state index >= 15 is 0 Å². The van der Waals surface area contributed by atoms with Gasteiger partial charge in [-0.1, -0.05) is 20.8 Å². The molecular formula is C16H23NO4. The van der Waals surface area contributed by atoms with Crippen molar-refractivity contribution in [3.05, 3.63) is 29.3 Å². The van der Waals surface area contributed by atoms with Crippen molar-refractivity contribution in [2.75, 3.05) is 0 Å². The highest BCUT2D eigenvalue weighted by Crippen LogP contribution is 2.23. The minimum Gasteiger partial charge on any atom is -0.508 e. The van der Waals surface area contributed by atoms with Gasteiger partial charge in [-0.2, -0.15) is 0 Å². The van der Waals surface area contributed by atoms with Crippen LogP contribution in [0.1, 0.15) is 49.5 Å². The molecule has 0 aromatic heterocycles. The first-order valence-electron chi connectivity index (χ1n) is 6.91. The summed E-state index contributed by atoms with van der Waals surface area (Å²) in [6.45, 7) is 7.73. The average molecular weight is 293 g/mol. The predicted molar refractivity (Wildman–Crippen MR) is 80.4 cm³/mol. The van der Waals surface area contributed by atoms with Crippen LogP contribution in [0.15, 0.2) is 18.2 Å². The smallest absolute Gasteiger partial charge is 0.305 e. The summed E-state index contributed by atoms with van der Waals surface area (Å²) in [6.07, 6.45) is 0.461. The summed E-state index contributed by atoms with van der Waals surface area (Å²) in [5.41, 5.74) is 1.01. The number of carbonyl (C=O) groups is 2. The van der Waals surface area contributed by atoms with E-state index in [1.54, 1.807) is 6.92 Å². The molecule has 1 unspecified atom stereocenters. The second-order valence-electron chi connectivity index (χ2n) is 6.53. The van der Waals surface area contributed by atoms with E-state index in [0.29, 0.717) is 17.5 Å². The molecule has 0 radical (unpaired) electrons. The Bertz CT molecular complexity index is 532. The van der Waals surface area contributed by atoms with Crippen molar-refractivity contribution in [3.8, 4) is 5.75 Å². The molecule has 1 rings (SSSR count). The molecule has 0 aliphatic rings. The van der Waals surface area contributed by atoms with E-state index in [0.717, 1.165) is 0 Å². The zero-order valence-electron chi connectivity index (χ0n) is 12.9. The molecule has 21 heavy (non-hydrogen) atoms. The number of rotatable bonds is 5. The van der Waals surface area contributed by atoms with Crippen LogP contribution in [0.4, 0.5) is 0 Å². The third-order valence-corrected chi connectivity index (χ3v) is 3.07. The lowest BCUT2D eigenvalue weighted by atomic mass is 9.87. The molecular weight excluding hydrogens is 270 g/mol. The lowest BCUT2D eigenvalue weighted by Gasteiger charge is -2.26. The Morgan fingerprint density at radius 1 is 1.29 bits per heavy atom. The fourth-order valence-corrected chi connectivity index (χ4v) is 2.29. The number of phenols is 1. The first-order chi connectivity index (χ1) is 9.58. The number of hydrogen-bond acceptors (Lipinski definition) is 3. The van der Waals surface area contributed by atoms with Crippen molar-refractivity contribution in [2.45, 2.75) is 46.6 Å². The number of benzene rings is 1. The molecule has 1 aromatic carbocycles. The Morgan fingerprint density at radius 2 is 1.90 bits per heavy atom. The average Bonchev–Trinajstić information content (AvgIpc) is 2.24. The Balaban J connectivity index is 2.86. The van der Waals surface area contributed by atoms with Gasteiger partial charge in [0.25, 0.3) is 5.91 Å². The SMILES string of the molecule is Cc1cc(O)ccc1C(=O)NC(CC(=O)O)CC(C)(C)C. The van der Waals surface area contributed by atoms with E-state index in [9.17, 15) is 14.7 Å². The van der Waals surface area contributed by atoms with Crippen molar-refractivity contribution in [1.29, 1.82) is 0 Å². The summed E-state index contributed by atoms with van der Waals surface area (Å²) in [5, 5.41) is 21.1. The lowest BCUT2D eigenvalue weighted by molar-refractivity contribution is -0.137. The highest BCUT2D eigenvalue weighted by Gasteiger charge is 2.23. The molecule has 116 valence electrons. The van der Waals surface area contributed by atoms with E-state index in [4.69, 9.17) is 5.11 Å². The number of amides is 1. The second-order valence-corrected chi connectivity index (χ2v) is 6.53. The van der Waals surface area contributed by atoms with Crippen molar-refractivity contribution in [3.63, 3.8) is 0 Å². The summed E-state index contributed by atoms with van der Waals surface area (Å²) in [4.78, 5) is 23.2. The monoisotopic (exact) mass is 293 g/mol. The third-order valence-electron chi connectivity index (χ3n) is 3.07. The van der Waals surface area contributed by atoms with Gasteiger partial charge in [0.2, 0.25) is 0 Å². The van der Waals surface area contributed by atoms with Gasteiger partial charge in [-0.25, -0.2) is 0 Å². The summed E-state index contributed by atoms with van der Waals surface area (Å²) in [5.74, 6) is -1.16. The van der Waals surface area contributed by atoms with Gasteiger partial charge in [-0.05, 0) is 42.5 Å². The molecule has 0 saturated heterocycles. The van der Waals surface area contributed by atoms with Crippen LogP contribution in [-0.4, -0.2) is 28.1 Å². The Kier molecular flexibility index (Phi) is 5.35. The maximum absolute atomic E-state index is 12.3. The number of carbonyl (C=O) groups excluding carboxylic acids is 1. The molecule has 0 heterocycles. The minimum atomic E-state index is -0.938. The van der Waals surface area contributed by atoms with Gasteiger partial charge in [0.05, 0.1) is 6.42 Å². The number of nitrogens with one attached hydrogen (secondary N) is 1. The molecule has 0 saturated carbocycles. The molecule has 0 aliphatic carbocycles. The molecule has 0 spiro atoms. The van der Waals surface area contributed by atoms with E-state index in [1.807, 2.05) is 20.8 Å². The molecule has 0 bridgehead atoms. The largest absolute Gasteiger partial charge is 0.508 e. The van der Waals surface area contributed by atoms with E-state index in [-0.39, 0.29) is 23.5 Å². The number of hydrogen-bond donors (Lipinski definition) is 3. The van der Waals surface area contributed by atoms with E-state index < -0.39 is 12.0 Å². The zero-order chi connectivity index (χ0) is 16.2. The maximum atomic E-state index is 12.3. The maximum Gasteiger partial charge on any atom is 0.305 e. The molecule has 0 aliphatic heterocycles. The van der Waals surface area contributed by atoms with Crippen molar-refractivity contribution < 1.29 is 19.8 Å². The number of carboxylic acids is 1. The fourth-order valence-electron chi connectivity index (χ4n) is 2.29. The summed E-state index contributed by atoms with van der Waals surface area (Å²) in [6, 6.07) is 4.06. The van der Waals surface area contributed by atoms with Gasteiger partial charge in [-0.3, -0.25) is 9.59 Å². The van der Waals surface area contributed by atoms with Crippen LogP contribution in [0.3, 0.4) is 0 Å². The predicted octanol–water partition coefficient (Wildman–Crippen LogP) is 2.71. The Hall–Kier alpha value is -2.04. The first kappa shape index (κ1) is 17.0. The van der Waals surface area contributed by atoms with Crippen LogP contribution in [0, 0.1) is 12.3 Å². The Morgan fingerprint density at radius 3 is 2.38 bits per heavy atom. The van der Waals surface area contributed by atoms with Gasteiger partial charge >= 0.3 is 5.97 Å². The quantitative estimate of drug-likeness (QED) is 0.779. The van der Waals surface area contributed by atoms with Gasteiger partial charge in [0.15, 0.2) is 0 Å². The van der Waals surface area contributed by atoms with Crippen molar-refractivity contribution in [1.82, 2.24) is 5.32 Å². The summed E-state index contributed by atoms with van der Waals surface area (Å²) < 4.78 is 0. The topological polar surface area (TPSA) is 86.6 Å². The van der Waals surface area contributed by atoms with E-state index in [1.165, 1.54) is 18.2 Å². The standard InChI is InChI=1S/C16H23NO4/c1-10-7-12(18)5-6-13(10)15(21)17-11(8-14(19)20)9-16(2,3)4/h5-7,11,18H,8-9H2,1-4H3,(H,17,21)(H,19,20). The molecule has 1 atom stereocenters. The zero-order valence-corrected chi connectivity index (χ0v) is 12.9. The normalized spacial score (nSPS) is 12.8. The van der Waals surface area contributed by atoms with E-state index in [2.05, 4.69) is 5.32 Å². The van der Waals surface area contributed by atoms with Gasteiger partial charge in [0, 0.05) is 11.6 Å². The van der Waals surface area contributed by atoms with Gasteiger partial charge in [-0.15, -0.1) is 0 Å². The van der Waals surface area contributed by atoms with Crippen LogP contribution in [0.5, 0.6) is 5.75 Å². The Labute approximate surface area is 125 Å². The molecule has 3 N–H and O–H groups in total. The molecule has 0 fully saturated rings. The van der Waals surface area contributed by atoms with Crippen LogP contribution < -0.4 is 5.32 Å². The molecule has 5 nitrogen and oxygen atoms in total. The molecule has 5 heteroatoms. The lowest BCUT2D eigenvalue weighted by Crippen LogP contribution is -2.39. The van der Waals surface area contributed by atoms with Crippen LogP contribution in [0.25, 0.3) is 0 Å².